The van der Waals surface area contributed by atoms with Gasteiger partial charge in [-0.3, -0.25) is 4.79 Å². The van der Waals surface area contributed by atoms with Crippen LogP contribution in [0.3, 0.4) is 0 Å². The van der Waals surface area contributed by atoms with Gasteiger partial charge in [0, 0.05) is 10.0 Å². The molecule has 1 rings (SSSR count). The van der Waals surface area contributed by atoms with E-state index in [0.29, 0.717) is 4.47 Å². The summed E-state index contributed by atoms with van der Waals surface area (Å²) in [6.07, 6.45) is -2.70. The second-order valence-electron chi connectivity index (χ2n) is 3.05. The molecule has 0 radical (unpaired) electrons. The lowest BCUT2D eigenvalue weighted by Gasteiger charge is -2.09. The normalized spacial score (nSPS) is 11.6. The summed E-state index contributed by atoms with van der Waals surface area (Å²) in [5.41, 5.74) is -0.732. The first kappa shape index (κ1) is 13.6. The van der Waals surface area contributed by atoms with Crippen molar-refractivity contribution in [2.45, 2.75) is 6.18 Å². The quantitative estimate of drug-likeness (QED) is 0.784. The summed E-state index contributed by atoms with van der Waals surface area (Å²) in [5, 5.41) is 0. The Labute approximate surface area is 104 Å². The lowest BCUT2D eigenvalue weighted by atomic mass is 10.1. The zero-order valence-electron chi connectivity index (χ0n) is 8.27. The maximum atomic E-state index is 12.4. The van der Waals surface area contributed by atoms with Crippen LogP contribution in [0.15, 0.2) is 22.7 Å². The number of hydrogen-bond acceptors (Lipinski definition) is 2. The van der Waals surface area contributed by atoms with E-state index < -0.39 is 11.7 Å². The van der Waals surface area contributed by atoms with Crippen LogP contribution in [0.5, 0.6) is 0 Å². The Hall–Kier alpha value is -0.490. The van der Waals surface area contributed by atoms with E-state index in [2.05, 4.69) is 15.9 Å². The maximum absolute atomic E-state index is 12.4. The molecule has 0 saturated carbocycles. The first-order valence-electron chi connectivity index (χ1n) is 4.25. The predicted octanol–water partition coefficient (Wildman–Crippen LogP) is 4.01. The molecule has 0 saturated heterocycles. The molecule has 0 atom stereocenters. The molecule has 16 heavy (non-hydrogen) atoms. The number of benzene rings is 1. The molecule has 1 nitrogen and oxygen atoms in total. The molecule has 0 N–H and O–H groups in total. The number of Topliss-reactive ketones (excluding diaryl/α,β-unsaturated/α-hetero) is 1. The van der Waals surface area contributed by atoms with Crippen molar-refractivity contribution in [1.29, 1.82) is 0 Å². The van der Waals surface area contributed by atoms with Crippen molar-refractivity contribution < 1.29 is 18.0 Å². The molecule has 0 spiro atoms. The maximum Gasteiger partial charge on any atom is 0.416 e. The fourth-order valence-electron chi connectivity index (χ4n) is 1.12. The molecular weight excluding hydrogens is 305 g/mol. The molecule has 88 valence electrons. The number of hydrogen-bond donors (Lipinski definition) is 0. The van der Waals surface area contributed by atoms with Gasteiger partial charge in [-0.05, 0) is 24.5 Å². The van der Waals surface area contributed by atoms with Gasteiger partial charge in [0.25, 0.3) is 0 Å². The Morgan fingerprint density at radius 3 is 2.56 bits per heavy atom. The van der Waals surface area contributed by atoms with Crippen molar-refractivity contribution in [2.24, 2.45) is 0 Å². The second kappa shape index (κ2) is 5.23. The minimum absolute atomic E-state index is 0.0733. The van der Waals surface area contributed by atoms with Gasteiger partial charge in [0.2, 0.25) is 0 Å². The van der Waals surface area contributed by atoms with Crippen LogP contribution in [0.25, 0.3) is 0 Å². The molecule has 0 aliphatic heterocycles. The molecule has 0 fully saturated rings. The Morgan fingerprint density at radius 1 is 1.44 bits per heavy atom. The van der Waals surface area contributed by atoms with Gasteiger partial charge >= 0.3 is 6.18 Å². The molecule has 0 amide bonds. The van der Waals surface area contributed by atoms with Crippen LogP contribution in [-0.2, 0) is 6.18 Å². The van der Waals surface area contributed by atoms with E-state index in [1.807, 2.05) is 0 Å². The summed E-state index contributed by atoms with van der Waals surface area (Å²) in [7, 11) is 0. The molecular formula is C10H8BrF3OS. The Balaban J connectivity index is 3.14. The average molecular weight is 313 g/mol. The highest BCUT2D eigenvalue weighted by atomic mass is 79.9. The van der Waals surface area contributed by atoms with Gasteiger partial charge in [-0.1, -0.05) is 15.9 Å². The van der Waals surface area contributed by atoms with Gasteiger partial charge in [0.1, 0.15) is 0 Å². The second-order valence-corrected chi connectivity index (χ2v) is 4.77. The topological polar surface area (TPSA) is 17.1 Å². The van der Waals surface area contributed by atoms with Gasteiger partial charge < -0.3 is 0 Å². The number of rotatable bonds is 3. The monoisotopic (exact) mass is 312 g/mol. The molecule has 0 aromatic heterocycles. The summed E-state index contributed by atoms with van der Waals surface area (Å²) in [5.74, 6) is -0.148. The Morgan fingerprint density at radius 2 is 2.06 bits per heavy atom. The highest BCUT2D eigenvalue weighted by Crippen LogP contribution is 2.32. The predicted molar refractivity (Wildman–Crippen MR) is 61.9 cm³/mol. The fourth-order valence-corrected chi connectivity index (χ4v) is 2.01. The number of alkyl halides is 3. The highest BCUT2D eigenvalue weighted by Gasteiger charge is 2.31. The van der Waals surface area contributed by atoms with Crippen LogP contribution in [0.2, 0.25) is 0 Å². The van der Waals surface area contributed by atoms with Gasteiger partial charge in [0.05, 0.1) is 11.3 Å². The SMILES string of the molecule is CSCC(=O)c1cc(C(F)(F)F)ccc1Br. The van der Waals surface area contributed by atoms with Crippen molar-refractivity contribution >= 4 is 33.5 Å². The van der Waals surface area contributed by atoms with Crippen LogP contribution in [0, 0.1) is 0 Å². The smallest absolute Gasteiger partial charge is 0.293 e. The first-order chi connectivity index (χ1) is 7.36. The zero-order valence-corrected chi connectivity index (χ0v) is 10.7. The molecule has 1 aromatic rings. The third kappa shape index (κ3) is 3.25. The number of carbonyl (C=O) groups is 1. The van der Waals surface area contributed by atoms with Crippen molar-refractivity contribution in [2.75, 3.05) is 12.0 Å². The molecule has 0 bridgehead atoms. The van der Waals surface area contributed by atoms with Gasteiger partial charge in [0.15, 0.2) is 5.78 Å². The van der Waals surface area contributed by atoms with Gasteiger partial charge in [-0.15, -0.1) is 0 Å². The molecule has 0 heterocycles. The van der Waals surface area contributed by atoms with E-state index in [1.54, 1.807) is 6.26 Å². The lowest BCUT2D eigenvalue weighted by molar-refractivity contribution is -0.137. The number of thioether (sulfide) groups is 1. The summed E-state index contributed by atoms with van der Waals surface area (Å²) < 4.78 is 37.6. The van der Waals surface area contributed by atoms with Crippen LogP contribution in [0.1, 0.15) is 15.9 Å². The minimum Gasteiger partial charge on any atom is -0.293 e. The molecule has 0 aliphatic carbocycles. The molecule has 6 heteroatoms. The van der Waals surface area contributed by atoms with Crippen molar-refractivity contribution in [3.63, 3.8) is 0 Å². The Kier molecular flexibility index (Phi) is 4.43. The number of ketones is 1. The fraction of sp³-hybridized carbons (Fsp3) is 0.300. The van der Waals surface area contributed by atoms with E-state index in [4.69, 9.17) is 0 Å². The summed E-state index contributed by atoms with van der Waals surface area (Å²) >= 11 is 4.35. The summed E-state index contributed by atoms with van der Waals surface area (Å²) in [6, 6.07) is 3.07. The first-order valence-corrected chi connectivity index (χ1v) is 6.44. The lowest BCUT2D eigenvalue weighted by Crippen LogP contribution is -2.09. The summed E-state index contributed by atoms with van der Waals surface area (Å²) in [6.45, 7) is 0. The molecule has 0 aliphatic rings. The number of carbonyl (C=O) groups excluding carboxylic acids is 1. The largest absolute Gasteiger partial charge is 0.416 e. The van der Waals surface area contributed by atoms with Gasteiger partial charge in [-0.25, -0.2) is 0 Å². The van der Waals surface area contributed by atoms with Crippen LogP contribution in [-0.4, -0.2) is 17.8 Å². The standard InChI is InChI=1S/C10H8BrF3OS/c1-16-5-9(15)7-4-6(10(12,13)14)2-3-8(7)11/h2-4H,5H2,1H3. The van der Waals surface area contributed by atoms with Crippen molar-refractivity contribution in [3.8, 4) is 0 Å². The number of halogens is 4. The molecule has 0 unspecified atom stereocenters. The average Bonchev–Trinajstić information content (AvgIpc) is 2.16. The van der Waals surface area contributed by atoms with Crippen LogP contribution >= 0.6 is 27.7 Å². The van der Waals surface area contributed by atoms with Crippen molar-refractivity contribution in [3.05, 3.63) is 33.8 Å². The molecule has 1 aromatic carbocycles. The minimum atomic E-state index is -4.42. The van der Waals surface area contributed by atoms with Crippen LogP contribution < -0.4 is 0 Å². The Bertz CT molecular complexity index is 404. The van der Waals surface area contributed by atoms with E-state index in [1.165, 1.54) is 17.8 Å². The van der Waals surface area contributed by atoms with E-state index in [9.17, 15) is 18.0 Å². The summed E-state index contributed by atoms with van der Waals surface area (Å²) in [4.78, 5) is 11.5. The third-order valence-electron chi connectivity index (χ3n) is 1.87. The third-order valence-corrected chi connectivity index (χ3v) is 3.11. The van der Waals surface area contributed by atoms with E-state index >= 15 is 0 Å². The van der Waals surface area contributed by atoms with Crippen LogP contribution in [0.4, 0.5) is 13.2 Å². The highest BCUT2D eigenvalue weighted by molar-refractivity contribution is 9.10. The zero-order chi connectivity index (χ0) is 12.3. The van der Waals surface area contributed by atoms with E-state index in [-0.39, 0.29) is 17.1 Å². The van der Waals surface area contributed by atoms with Gasteiger partial charge in [-0.2, -0.15) is 24.9 Å². The van der Waals surface area contributed by atoms with Crippen molar-refractivity contribution in [1.82, 2.24) is 0 Å². The van der Waals surface area contributed by atoms with E-state index in [0.717, 1.165) is 12.1 Å².